The Balaban J connectivity index is 2.06. The molecule has 1 unspecified atom stereocenters. The first kappa shape index (κ1) is 14.1. The van der Waals surface area contributed by atoms with Crippen LogP contribution in [-0.4, -0.2) is 22.1 Å². The maximum atomic E-state index is 11.9. The highest BCUT2D eigenvalue weighted by Gasteiger charge is 2.23. The van der Waals surface area contributed by atoms with Crippen molar-refractivity contribution in [2.24, 2.45) is 0 Å². The summed E-state index contributed by atoms with van der Waals surface area (Å²) in [5, 5.41) is 23.0. The number of phenols is 1. The first-order valence-electron chi connectivity index (χ1n) is 5.90. The molecule has 0 aliphatic heterocycles. The van der Waals surface area contributed by atoms with E-state index in [9.17, 15) is 14.7 Å². The maximum Gasteiger partial charge on any atom is 0.331 e. The summed E-state index contributed by atoms with van der Waals surface area (Å²) < 4.78 is 0. The molecule has 0 aliphatic carbocycles. The van der Waals surface area contributed by atoms with E-state index >= 15 is 0 Å². The van der Waals surface area contributed by atoms with E-state index in [0.717, 1.165) is 0 Å². The lowest BCUT2D eigenvalue weighted by Gasteiger charge is -2.13. The lowest BCUT2D eigenvalue weighted by Crippen LogP contribution is -2.34. The fourth-order valence-electron chi connectivity index (χ4n) is 1.76. The van der Waals surface area contributed by atoms with Crippen molar-refractivity contribution in [2.45, 2.75) is 12.5 Å². The SMILES string of the molecule is O=C(Cc1ccccc1O)NC(C(=O)O)c1cccs1. The quantitative estimate of drug-likeness (QED) is 0.785. The molecule has 2 aromatic rings. The molecule has 5 nitrogen and oxygen atoms in total. The monoisotopic (exact) mass is 291 g/mol. The number of aliphatic carboxylic acids is 1. The summed E-state index contributed by atoms with van der Waals surface area (Å²) in [5.74, 6) is -1.55. The standard InChI is InChI=1S/C14H13NO4S/c16-10-5-2-1-4-9(10)8-12(17)15-13(14(18)19)11-6-3-7-20-11/h1-7,13,16H,8H2,(H,15,17)(H,18,19). The van der Waals surface area contributed by atoms with E-state index in [1.807, 2.05) is 0 Å². The van der Waals surface area contributed by atoms with Crippen LogP contribution in [0.5, 0.6) is 5.75 Å². The second-order valence-electron chi connectivity index (χ2n) is 4.16. The van der Waals surface area contributed by atoms with Crippen LogP contribution in [0.1, 0.15) is 16.5 Å². The Morgan fingerprint density at radius 2 is 1.95 bits per heavy atom. The van der Waals surface area contributed by atoms with Gasteiger partial charge in [0.1, 0.15) is 5.75 Å². The minimum absolute atomic E-state index is 0.0191. The third-order valence-electron chi connectivity index (χ3n) is 2.72. The van der Waals surface area contributed by atoms with E-state index in [0.29, 0.717) is 10.4 Å². The molecule has 1 atom stereocenters. The number of aromatic hydroxyl groups is 1. The Hall–Kier alpha value is -2.34. The van der Waals surface area contributed by atoms with E-state index < -0.39 is 17.9 Å². The van der Waals surface area contributed by atoms with Crippen LogP contribution in [0.3, 0.4) is 0 Å². The van der Waals surface area contributed by atoms with Crippen molar-refractivity contribution in [1.82, 2.24) is 5.32 Å². The van der Waals surface area contributed by atoms with Gasteiger partial charge < -0.3 is 15.5 Å². The first-order valence-corrected chi connectivity index (χ1v) is 6.78. The van der Waals surface area contributed by atoms with Gasteiger partial charge in [0.2, 0.25) is 5.91 Å². The molecule has 1 heterocycles. The van der Waals surface area contributed by atoms with Crippen molar-refractivity contribution in [3.63, 3.8) is 0 Å². The molecule has 20 heavy (non-hydrogen) atoms. The molecule has 0 radical (unpaired) electrons. The van der Waals surface area contributed by atoms with Crippen molar-refractivity contribution in [1.29, 1.82) is 0 Å². The molecule has 0 fully saturated rings. The fraction of sp³-hybridized carbons (Fsp3) is 0.143. The molecule has 1 aromatic carbocycles. The highest BCUT2D eigenvalue weighted by molar-refractivity contribution is 7.10. The highest BCUT2D eigenvalue weighted by atomic mass is 32.1. The molecule has 0 bridgehead atoms. The number of benzene rings is 1. The molecule has 0 spiro atoms. The summed E-state index contributed by atoms with van der Waals surface area (Å²) in [6, 6.07) is 8.79. The first-order chi connectivity index (χ1) is 9.58. The molecule has 0 saturated heterocycles. The molecular formula is C14H13NO4S. The predicted octanol–water partition coefficient (Wildman–Crippen LogP) is 1.94. The third kappa shape index (κ3) is 3.36. The Bertz CT molecular complexity index is 609. The number of carbonyl (C=O) groups excluding carboxylic acids is 1. The summed E-state index contributed by atoms with van der Waals surface area (Å²) in [6.45, 7) is 0. The normalized spacial score (nSPS) is 11.8. The Morgan fingerprint density at radius 1 is 1.20 bits per heavy atom. The minimum atomic E-state index is -1.11. The highest BCUT2D eigenvalue weighted by Crippen LogP contribution is 2.20. The number of carbonyl (C=O) groups is 2. The number of para-hydroxylation sites is 1. The van der Waals surface area contributed by atoms with E-state index in [4.69, 9.17) is 5.11 Å². The Morgan fingerprint density at radius 3 is 2.55 bits per heavy atom. The molecule has 0 aliphatic rings. The van der Waals surface area contributed by atoms with Gasteiger partial charge in [0.25, 0.3) is 0 Å². The van der Waals surface area contributed by atoms with Crippen molar-refractivity contribution in [3.8, 4) is 5.75 Å². The number of phenolic OH excluding ortho intramolecular Hbond substituents is 1. The number of hydrogen-bond acceptors (Lipinski definition) is 4. The lowest BCUT2D eigenvalue weighted by atomic mass is 10.1. The van der Waals surface area contributed by atoms with E-state index in [1.54, 1.807) is 35.7 Å². The van der Waals surface area contributed by atoms with Gasteiger partial charge in [0.05, 0.1) is 6.42 Å². The van der Waals surface area contributed by atoms with Gasteiger partial charge in [-0.2, -0.15) is 0 Å². The van der Waals surface area contributed by atoms with Crippen LogP contribution < -0.4 is 5.32 Å². The van der Waals surface area contributed by atoms with Crippen LogP contribution in [0, 0.1) is 0 Å². The van der Waals surface area contributed by atoms with E-state index in [-0.39, 0.29) is 12.2 Å². The number of rotatable bonds is 5. The van der Waals surface area contributed by atoms with E-state index in [2.05, 4.69) is 5.32 Å². The van der Waals surface area contributed by atoms with Crippen LogP contribution >= 0.6 is 11.3 Å². The summed E-state index contributed by atoms with van der Waals surface area (Å²) in [5.41, 5.74) is 0.459. The molecule has 2 rings (SSSR count). The second-order valence-corrected chi connectivity index (χ2v) is 5.14. The molecule has 104 valence electrons. The van der Waals surface area contributed by atoms with Gasteiger partial charge in [0, 0.05) is 10.4 Å². The topological polar surface area (TPSA) is 86.6 Å². The smallest absolute Gasteiger partial charge is 0.331 e. The molecule has 1 amide bonds. The van der Waals surface area contributed by atoms with Crippen LogP contribution in [0.4, 0.5) is 0 Å². The van der Waals surface area contributed by atoms with E-state index in [1.165, 1.54) is 17.4 Å². The number of hydrogen-bond donors (Lipinski definition) is 3. The molecule has 0 saturated carbocycles. The summed E-state index contributed by atoms with van der Waals surface area (Å²) >= 11 is 1.27. The lowest BCUT2D eigenvalue weighted by molar-refractivity contribution is -0.141. The van der Waals surface area contributed by atoms with Gasteiger partial charge in [-0.15, -0.1) is 11.3 Å². The number of amides is 1. The summed E-state index contributed by atoms with van der Waals surface area (Å²) in [7, 11) is 0. The zero-order valence-electron chi connectivity index (χ0n) is 10.4. The maximum absolute atomic E-state index is 11.9. The average Bonchev–Trinajstić information content (AvgIpc) is 2.92. The van der Waals surface area contributed by atoms with Crippen molar-refractivity contribution in [3.05, 3.63) is 52.2 Å². The van der Waals surface area contributed by atoms with Gasteiger partial charge >= 0.3 is 5.97 Å². The zero-order chi connectivity index (χ0) is 14.5. The molecular weight excluding hydrogens is 278 g/mol. The Labute approximate surface area is 119 Å². The predicted molar refractivity (Wildman–Crippen MR) is 74.6 cm³/mol. The molecule has 6 heteroatoms. The van der Waals surface area contributed by atoms with Crippen LogP contribution in [0.15, 0.2) is 41.8 Å². The number of carboxylic acids is 1. The number of carboxylic acid groups (broad SMARTS) is 1. The van der Waals surface area contributed by atoms with Crippen molar-refractivity contribution < 1.29 is 19.8 Å². The zero-order valence-corrected chi connectivity index (χ0v) is 11.3. The average molecular weight is 291 g/mol. The second kappa shape index (κ2) is 6.21. The summed E-state index contributed by atoms with van der Waals surface area (Å²) in [4.78, 5) is 23.6. The molecule has 3 N–H and O–H groups in total. The van der Waals surface area contributed by atoms with Gasteiger partial charge in [-0.3, -0.25) is 4.79 Å². The van der Waals surface area contributed by atoms with Crippen molar-refractivity contribution >= 4 is 23.2 Å². The minimum Gasteiger partial charge on any atom is -0.508 e. The number of thiophene rings is 1. The van der Waals surface area contributed by atoms with Gasteiger partial charge in [0.15, 0.2) is 6.04 Å². The van der Waals surface area contributed by atoms with Gasteiger partial charge in [-0.25, -0.2) is 4.79 Å². The number of nitrogens with one attached hydrogen (secondary N) is 1. The Kier molecular flexibility index (Phi) is 4.37. The largest absolute Gasteiger partial charge is 0.508 e. The van der Waals surface area contributed by atoms with Crippen LogP contribution in [0.2, 0.25) is 0 Å². The van der Waals surface area contributed by atoms with Crippen LogP contribution in [0.25, 0.3) is 0 Å². The van der Waals surface area contributed by atoms with Crippen molar-refractivity contribution in [2.75, 3.05) is 0 Å². The fourth-order valence-corrected chi connectivity index (χ4v) is 2.52. The third-order valence-corrected chi connectivity index (χ3v) is 3.66. The summed E-state index contributed by atoms with van der Waals surface area (Å²) in [6.07, 6.45) is -0.0676. The molecule has 1 aromatic heterocycles. The van der Waals surface area contributed by atoms with Gasteiger partial charge in [-0.1, -0.05) is 24.3 Å². The van der Waals surface area contributed by atoms with Crippen LogP contribution in [-0.2, 0) is 16.0 Å². The van der Waals surface area contributed by atoms with Gasteiger partial charge in [-0.05, 0) is 17.5 Å².